The highest BCUT2D eigenvalue weighted by molar-refractivity contribution is 6.30. The third-order valence-electron chi connectivity index (χ3n) is 7.25. The number of hydrogen-bond donors (Lipinski definition) is 0. The Morgan fingerprint density at radius 3 is 2.18 bits per heavy atom. The lowest BCUT2D eigenvalue weighted by atomic mass is 9.88. The van der Waals surface area contributed by atoms with Crippen LogP contribution in [0, 0.1) is 11.8 Å². The maximum atomic E-state index is 13.2. The smallest absolute Gasteiger partial charge is 0.225 e. The molecule has 2 aliphatic heterocycles. The van der Waals surface area contributed by atoms with E-state index in [1.54, 1.807) is 0 Å². The van der Waals surface area contributed by atoms with Crippen LogP contribution < -0.4 is 4.90 Å². The molecule has 0 aliphatic carbocycles. The fourth-order valence-electron chi connectivity index (χ4n) is 5.19. The number of rotatable bonds is 5. The van der Waals surface area contributed by atoms with E-state index in [1.807, 2.05) is 36.4 Å². The molecule has 1 amide bonds. The van der Waals surface area contributed by atoms with E-state index in [-0.39, 0.29) is 5.92 Å². The summed E-state index contributed by atoms with van der Waals surface area (Å²) in [5.74, 6) is 2.04. The van der Waals surface area contributed by atoms with E-state index in [2.05, 4.69) is 50.3 Å². The van der Waals surface area contributed by atoms with E-state index in [0.717, 1.165) is 75.4 Å². The Hall–Kier alpha value is -2.92. The molecule has 0 unspecified atom stereocenters. The van der Waals surface area contributed by atoms with Crippen LogP contribution in [0.15, 0.2) is 66.7 Å². The van der Waals surface area contributed by atoms with E-state index < -0.39 is 0 Å². The number of anilines is 1. The normalized spacial score (nSPS) is 17.7. The van der Waals surface area contributed by atoms with Crippen molar-refractivity contribution >= 4 is 23.3 Å². The Bertz CT molecular complexity index is 1070. The van der Waals surface area contributed by atoms with Crippen molar-refractivity contribution < 1.29 is 4.79 Å². The van der Waals surface area contributed by atoms with Crippen molar-refractivity contribution in [2.75, 3.05) is 31.1 Å². The lowest BCUT2D eigenvalue weighted by molar-refractivity contribution is -0.137. The molecule has 3 heterocycles. The number of benzene rings is 2. The zero-order valence-corrected chi connectivity index (χ0v) is 20.2. The largest absolute Gasteiger partial charge is 0.355 e. The first-order valence-corrected chi connectivity index (χ1v) is 12.7. The first-order chi connectivity index (χ1) is 16.7. The molecule has 176 valence electrons. The summed E-state index contributed by atoms with van der Waals surface area (Å²) < 4.78 is 0. The van der Waals surface area contributed by atoms with E-state index in [1.165, 1.54) is 5.56 Å². The number of amides is 1. The van der Waals surface area contributed by atoms with Gasteiger partial charge in [-0.1, -0.05) is 54.1 Å². The van der Waals surface area contributed by atoms with E-state index in [0.29, 0.717) is 16.8 Å². The number of likely N-dealkylation sites (tertiary alicyclic amines) is 1. The van der Waals surface area contributed by atoms with Crippen LogP contribution in [0.4, 0.5) is 5.82 Å². The average molecular weight is 475 g/mol. The topological polar surface area (TPSA) is 49.3 Å². The fourth-order valence-corrected chi connectivity index (χ4v) is 5.31. The van der Waals surface area contributed by atoms with Crippen LogP contribution in [0.3, 0.4) is 0 Å². The number of carbonyl (C=O) groups is 1. The summed E-state index contributed by atoms with van der Waals surface area (Å²) in [6.07, 6.45) is 5.09. The summed E-state index contributed by atoms with van der Waals surface area (Å²) in [5.41, 5.74) is 3.24. The zero-order valence-electron chi connectivity index (χ0n) is 19.4. The summed E-state index contributed by atoms with van der Waals surface area (Å²) in [6.45, 7) is 3.48. The van der Waals surface area contributed by atoms with Gasteiger partial charge in [0, 0.05) is 42.7 Å². The number of nitrogens with zero attached hydrogens (tertiary/aromatic N) is 4. The first kappa shape index (κ1) is 22.9. The van der Waals surface area contributed by atoms with Gasteiger partial charge in [0.2, 0.25) is 5.91 Å². The molecule has 0 N–H and O–H groups in total. The summed E-state index contributed by atoms with van der Waals surface area (Å²) in [7, 11) is 0. The van der Waals surface area contributed by atoms with Gasteiger partial charge in [0.25, 0.3) is 0 Å². The van der Waals surface area contributed by atoms with Gasteiger partial charge in [-0.2, -0.15) is 0 Å². The molecule has 1 aromatic heterocycles. The lowest BCUT2D eigenvalue weighted by Gasteiger charge is -2.37. The van der Waals surface area contributed by atoms with Crippen molar-refractivity contribution in [3.8, 4) is 11.3 Å². The zero-order chi connectivity index (χ0) is 23.3. The van der Waals surface area contributed by atoms with Crippen LogP contribution >= 0.6 is 11.6 Å². The van der Waals surface area contributed by atoms with Gasteiger partial charge < -0.3 is 9.80 Å². The second-order valence-electron chi connectivity index (χ2n) is 9.50. The summed E-state index contributed by atoms with van der Waals surface area (Å²) in [5, 5.41) is 9.57. The Morgan fingerprint density at radius 2 is 1.53 bits per heavy atom. The standard InChI is InChI=1S/C28H31ClN4O/c29-25-8-6-23(7-9-25)26-10-11-27(31-30-26)32-18-14-24(15-19-32)28(34)33-16-12-22(13-17-33)20-21-4-2-1-3-5-21/h1-11,22,24H,12-20H2. The van der Waals surface area contributed by atoms with Crippen molar-refractivity contribution in [3.05, 3.63) is 77.3 Å². The van der Waals surface area contributed by atoms with Gasteiger partial charge in [-0.3, -0.25) is 4.79 Å². The molecular formula is C28H31ClN4O. The molecule has 0 atom stereocenters. The van der Waals surface area contributed by atoms with Gasteiger partial charge in [0.05, 0.1) is 5.69 Å². The monoisotopic (exact) mass is 474 g/mol. The molecule has 3 aromatic rings. The van der Waals surface area contributed by atoms with Crippen molar-refractivity contribution in [2.45, 2.75) is 32.1 Å². The van der Waals surface area contributed by atoms with Crippen molar-refractivity contribution in [3.63, 3.8) is 0 Å². The highest BCUT2D eigenvalue weighted by Gasteiger charge is 2.31. The Morgan fingerprint density at radius 1 is 0.824 bits per heavy atom. The van der Waals surface area contributed by atoms with Gasteiger partial charge in [-0.25, -0.2) is 0 Å². The molecule has 6 heteroatoms. The third kappa shape index (κ3) is 5.41. The van der Waals surface area contributed by atoms with Gasteiger partial charge in [0.15, 0.2) is 5.82 Å². The summed E-state index contributed by atoms with van der Waals surface area (Å²) >= 11 is 5.98. The predicted molar refractivity (Wildman–Crippen MR) is 137 cm³/mol. The van der Waals surface area contributed by atoms with E-state index in [9.17, 15) is 4.79 Å². The van der Waals surface area contributed by atoms with Gasteiger partial charge in [-0.15, -0.1) is 10.2 Å². The minimum Gasteiger partial charge on any atom is -0.355 e. The van der Waals surface area contributed by atoms with Gasteiger partial charge >= 0.3 is 0 Å². The van der Waals surface area contributed by atoms with E-state index >= 15 is 0 Å². The molecule has 0 saturated carbocycles. The van der Waals surface area contributed by atoms with Crippen LogP contribution in [-0.2, 0) is 11.2 Å². The summed E-state index contributed by atoms with van der Waals surface area (Å²) in [6, 6.07) is 22.4. The minimum absolute atomic E-state index is 0.128. The van der Waals surface area contributed by atoms with Crippen molar-refractivity contribution in [1.82, 2.24) is 15.1 Å². The second-order valence-corrected chi connectivity index (χ2v) is 9.94. The molecule has 2 aliphatic rings. The van der Waals surface area contributed by atoms with Crippen LogP contribution in [0.5, 0.6) is 0 Å². The molecule has 0 radical (unpaired) electrons. The number of piperidine rings is 2. The fraction of sp³-hybridized carbons (Fsp3) is 0.393. The SMILES string of the molecule is O=C(C1CCN(c2ccc(-c3ccc(Cl)cc3)nn2)CC1)N1CCC(Cc2ccccc2)CC1. The average Bonchev–Trinajstić information content (AvgIpc) is 2.90. The van der Waals surface area contributed by atoms with Gasteiger partial charge in [0.1, 0.15) is 0 Å². The second kappa shape index (κ2) is 10.6. The quantitative estimate of drug-likeness (QED) is 0.490. The van der Waals surface area contributed by atoms with Crippen LogP contribution in [0.2, 0.25) is 5.02 Å². The van der Waals surface area contributed by atoms with Gasteiger partial charge in [-0.05, 0) is 67.9 Å². The number of hydrogen-bond acceptors (Lipinski definition) is 4. The Balaban J connectivity index is 1.10. The molecule has 2 aromatic carbocycles. The molecule has 2 fully saturated rings. The highest BCUT2D eigenvalue weighted by atomic mass is 35.5. The first-order valence-electron chi connectivity index (χ1n) is 12.3. The molecule has 5 rings (SSSR count). The molecule has 5 nitrogen and oxygen atoms in total. The van der Waals surface area contributed by atoms with Crippen molar-refractivity contribution in [1.29, 1.82) is 0 Å². The summed E-state index contributed by atoms with van der Waals surface area (Å²) in [4.78, 5) is 17.5. The number of carbonyl (C=O) groups excluding carboxylic acids is 1. The predicted octanol–water partition coefficient (Wildman–Crippen LogP) is 5.49. The maximum absolute atomic E-state index is 13.2. The third-order valence-corrected chi connectivity index (χ3v) is 7.50. The number of halogens is 1. The van der Waals surface area contributed by atoms with Crippen LogP contribution in [0.25, 0.3) is 11.3 Å². The Kier molecular flexibility index (Phi) is 7.10. The molecule has 0 bridgehead atoms. The molecular weight excluding hydrogens is 444 g/mol. The van der Waals surface area contributed by atoms with Crippen LogP contribution in [0.1, 0.15) is 31.2 Å². The van der Waals surface area contributed by atoms with Crippen molar-refractivity contribution in [2.24, 2.45) is 11.8 Å². The minimum atomic E-state index is 0.128. The lowest BCUT2D eigenvalue weighted by Crippen LogP contribution is -2.45. The van der Waals surface area contributed by atoms with E-state index in [4.69, 9.17) is 11.6 Å². The molecule has 0 spiro atoms. The van der Waals surface area contributed by atoms with Crippen LogP contribution in [-0.4, -0.2) is 47.2 Å². The highest BCUT2D eigenvalue weighted by Crippen LogP contribution is 2.28. The number of aromatic nitrogens is 2. The molecule has 34 heavy (non-hydrogen) atoms. The maximum Gasteiger partial charge on any atom is 0.225 e. The molecule has 2 saturated heterocycles. The Labute approximate surface area is 206 Å².